The molecule has 0 spiro atoms. The molecule has 2 aromatic rings. The fourth-order valence-electron chi connectivity index (χ4n) is 3.38. The van der Waals surface area contributed by atoms with Gasteiger partial charge in [-0.3, -0.25) is 14.6 Å². The van der Waals surface area contributed by atoms with Crippen molar-refractivity contribution in [2.24, 2.45) is 5.92 Å². The molecule has 1 aliphatic heterocycles. The van der Waals surface area contributed by atoms with E-state index < -0.39 is 0 Å². The van der Waals surface area contributed by atoms with Crippen molar-refractivity contribution in [3.63, 3.8) is 0 Å². The van der Waals surface area contributed by atoms with E-state index in [2.05, 4.69) is 11.9 Å². The Hall–Kier alpha value is -2.69. The summed E-state index contributed by atoms with van der Waals surface area (Å²) in [7, 11) is 0. The number of likely N-dealkylation sites (tertiary alicyclic amines) is 1. The minimum absolute atomic E-state index is 0.0323. The average molecular weight is 365 g/mol. The zero-order valence-corrected chi connectivity index (χ0v) is 16.1. The quantitative estimate of drug-likeness (QED) is 0.813. The van der Waals surface area contributed by atoms with Crippen LogP contribution >= 0.6 is 0 Å². The molecule has 0 unspecified atom stereocenters. The Morgan fingerprint density at radius 3 is 2.44 bits per heavy atom. The fourth-order valence-corrected chi connectivity index (χ4v) is 3.38. The van der Waals surface area contributed by atoms with Gasteiger partial charge in [0.25, 0.3) is 11.8 Å². The number of nitrogens with zero attached hydrogens (tertiary/aromatic N) is 3. The van der Waals surface area contributed by atoms with Crippen molar-refractivity contribution in [2.75, 3.05) is 19.6 Å². The molecule has 0 bridgehead atoms. The lowest BCUT2D eigenvalue weighted by Crippen LogP contribution is -2.38. The maximum atomic E-state index is 12.9. The first-order valence-corrected chi connectivity index (χ1v) is 9.66. The first kappa shape index (κ1) is 19.1. The highest BCUT2D eigenvalue weighted by Gasteiger charge is 2.23. The molecule has 0 radical (unpaired) electrons. The molecule has 1 aliphatic rings. The topological polar surface area (TPSA) is 53.5 Å². The second kappa shape index (κ2) is 8.80. The third-order valence-corrected chi connectivity index (χ3v) is 5.19. The number of carbonyl (C=O) groups excluding carboxylic acids is 2. The Kier molecular flexibility index (Phi) is 6.22. The Balaban J connectivity index is 1.73. The standard InChI is InChI=1S/C22H27N3O2/c1-3-24(16-18-7-5-4-6-8-18)21(26)19-13-20(15-23-14-19)22(27)25-11-9-17(2)10-12-25/h4-8,13-15,17H,3,9-12,16H2,1-2H3. The van der Waals surface area contributed by atoms with E-state index in [1.165, 1.54) is 0 Å². The molecule has 1 aromatic carbocycles. The molecule has 5 heteroatoms. The summed E-state index contributed by atoms with van der Waals surface area (Å²) in [6, 6.07) is 11.6. The Morgan fingerprint density at radius 2 is 1.78 bits per heavy atom. The van der Waals surface area contributed by atoms with Crippen LogP contribution in [0.2, 0.25) is 0 Å². The molecular formula is C22H27N3O2. The van der Waals surface area contributed by atoms with Gasteiger partial charge in [-0.25, -0.2) is 0 Å². The summed E-state index contributed by atoms with van der Waals surface area (Å²) in [5.41, 5.74) is 2.03. The fraction of sp³-hybridized carbons (Fsp3) is 0.409. The van der Waals surface area contributed by atoms with Gasteiger partial charge in [0.2, 0.25) is 0 Å². The predicted octanol–water partition coefficient (Wildman–Crippen LogP) is 3.62. The van der Waals surface area contributed by atoms with Crippen LogP contribution in [0.1, 0.15) is 53.0 Å². The van der Waals surface area contributed by atoms with Crippen molar-refractivity contribution in [1.82, 2.24) is 14.8 Å². The van der Waals surface area contributed by atoms with Gasteiger partial charge in [-0.1, -0.05) is 37.3 Å². The molecule has 142 valence electrons. The second-order valence-electron chi connectivity index (χ2n) is 7.24. The normalized spacial score (nSPS) is 14.8. The highest BCUT2D eigenvalue weighted by molar-refractivity contribution is 5.99. The molecule has 0 N–H and O–H groups in total. The summed E-state index contributed by atoms with van der Waals surface area (Å²) < 4.78 is 0. The first-order chi connectivity index (χ1) is 13.1. The van der Waals surface area contributed by atoms with Gasteiger partial charge in [0.05, 0.1) is 11.1 Å². The molecule has 1 saturated heterocycles. The van der Waals surface area contributed by atoms with E-state index in [0.29, 0.717) is 30.1 Å². The number of hydrogen-bond acceptors (Lipinski definition) is 3. The Morgan fingerprint density at radius 1 is 1.11 bits per heavy atom. The zero-order chi connectivity index (χ0) is 19.2. The molecule has 0 aliphatic carbocycles. The number of amides is 2. The van der Waals surface area contributed by atoms with Crippen molar-refractivity contribution < 1.29 is 9.59 Å². The van der Waals surface area contributed by atoms with Gasteiger partial charge in [0.1, 0.15) is 0 Å². The molecule has 0 atom stereocenters. The lowest BCUT2D eigenvalue weighted by atomic mass is 9.98. The van der Waals surface area contributed by atoms with Crippen LogP contribution in [0.5, 0.6) is 0 Å². The summed E-state index contributed by atoms with van der Waals surface area (Å²) in [5, 5.41) is 0. The number of benzene rings is 1. The van der Waals surface area contributed by atoms with Crippen molar-refractivity contribution in [3.8, 4) is 0 Å². The SMILES string of the molecule is CCN(Cc1ccccc1)C(=O)c1cncc(C(=O)N2CCC(C)CC2)c1. The molecule has 2 heterocycles. The van der Waals surface area contributed by atoms with Crippen molar-refractivity contribution in [1.29, 1.82) is 0 Å². The number of rotatable bonds is 5. The smallest absolute Gasteiger partial charge is 0.255 e. The monoisotopic (exact) mass is 365 g/mol. The van der Waals surface area contributed by atoms with E-state index in [-0.39, 0.29) is 11.8 Å². The van der Waals surface area contributed by atoms with Crippen LogP contribution < -0.4 is 0 Å². The van der Waals surface area contributed by atoms with E-state index in [1.54, 1.807) is 23.4 Å². The van der Waals surface area contributed by atoms with Gasteiger partial charge in [0, 0.05) is 38.6 Å². The zero-order valence-electron chi connectivity index (χ0n) is 16.1. The summed E-state index contributed by atoms with van der Waals surface area (Å²) in [6.45, 7) is 6.85. The second-order valence-corrected chi connectivity index (χ2v) is 7.24. The van der Waals surface area contributed by atoms with Crippen LogP contribution in [0.4, 0.5) is 0 Å². The van der Waals surface area contributed by atoms with Gasteiger partial charge in [0.15, 0.2) is 0 Å². The van der Waals surface area contributed by atoms with E-state index in [1.807, 2.05) is 42.2 Å². The number of piperidine rings is 1. The van der Waals surface area contributed by atoms with Gasteiger partial charge < -0.3 is 9.80 Å². The van der Waals surface area contributed by atoms with Crippen molar-refractivity contribution in [2.45, 2.75) is 33.2 Å². The number of hydrogen-bond donors (Lipinski definition) is 0. The third-order valence-electron chi connectivity index (χ3n) is 5.19. The van der Waals surface area contributed by atoms with Gasteiger partial charge in [-0.15, -0.1) is 0 Å². The summed E-state index contributed by atoms with van der Waals surface area (Å²) in [4.78, 5) is 33.5. The van der Waals surface area contributed by atoms with Crippen LogP contribution in [0.15, 0.2) is 48.8 Å². The number of carbonyl (C=O) groups is 2. The van der Waals surface area contributed by atoms with Crippen LogP contribution in [0.3, 0.4) is 0 Å². The number of aromatic nitrogens is 1. The Bertz CT molecular complexity index is 783. The first-order valence-electron chi connectivity index (χ1n) is 9.66. The molecular weight excluding hydrogens is 338 g/mol. The van der Waals surface area contributed by atoms with E-state index in [4.69, 9.17) is 0 Å². The van der Waals surface area contributed by atoms with Crippen LogP contribution in [-0.4, -0.2) is 46.2 Å². The van der Waals surface area contributed by atoms with E-state index in [0.717, 1.165) is 31.5 Å². The van der Waals surface area contributed by atoms with E-state index >= 15 is 0 Å². The maximum absolute atomic E-state index is 12.9. The van der Waals surface area contributed by atoms with E-state index in [9.17, 15) is 9.59 Å². The van der Waals surface area contributed by atoms with Gasteiger partial charge >= 0.3 is 0 Å². The predicted molar refractivity (Wildman–Crippen MR) is 105 cm³/mol. The molecule has 2 amide bonds. The minimum atomic E-state index is -0.101. The van der Waals surface area contributed by atoms with Crippen LogP contribution in [0.25, 0.3) is 0 Å². The summed E-state index contributed by atoms with van der Waals surface area (Å²) in [6.07, 6.45) is 5.16. The van der Waals surface area contributed by atoms with Crippen LogP contribution in [0, 0.1) is 5.92 Å². The highest BCUT2D eigenvalue weighted by Crippen LogP contribution is 2.19. The molecule has 27 heavy (non-hydrogen) atoms. The number of pyridine rings is 1. The maximum Gasteiger partial charge on any atom is 0.255 e. The summed E-state index contributed by atoms with van der Waals surface area (Å²) >= 11 is 0. The highest BCUT2D eigenvalue weighted by atomic mass is 16.2. The Labute approximate surface area is 161 Å². The van der Waals surface area contributed by atoms with Crippen molar-refractivity contribution >= 4 is 11.8 Å². The molecule has 0 saturated carbocycles. The molecule has 5 nitrogen and oxygen atoms in total. The van der Waals surface area contributed by atoms with Crippen LogP contribution in [-0.2, 0) is 6.54 Å². The molecule has 1 aromatic heterocycles. The van der Waals surface area contributed by atoms with Gasteiger partial charge in [-0.05, 0) is 37.3 Å². The third kappa shape index (κ3) is 4.73. The van der Waals surface area contributed by atoms with Gasteiger partial charge in [-0.2, -0.15) is 0 Å². The lowest BCUT2D eigenvalue weighted by Gasteiger charge is -2.30. The molecule has 1 fully saturated rings. The minimum Gasteiger partial charge on any atom is -0.339 e. The molecule has 3 rings (SSSR count). The van der Waals surface area contributed by atoms with Crippen molar-refractivity contribution in [3.05, 3.63) is 65.5 Å². The summed E-state index contributed by atoms with van der Waals surface area (Å²) in [5.74, 6) is 0.530. The largest absolute Gasteiger partial charge is 0.339 e. The lowest BCUT2D eigenvalue weighted by molar-refractivity contribution is 0.0696. The average Bonchev–Trinajstić information content (AvgIpc) is 2.72.